The number of hydrogen-bond donors (Lipinski definition) is 5. The average Bonchev–Trinajstić information content (AvgIpc) is 3.85. The number of ether oxygens (including phenoxy) is 3. The summed E-state index contributed by atoms with van der Waals surface area (Å²) in [5.41, 5.74) is 5.42. The molecule has 4 rings (SSSR count). The van der Waals surface area contributed by atoms with Gasteiger partial charge in [-0.25, -0.2) is 20.2 Å². The molecular formula is C50H72N8O11S3. The first-order valence-corrected chi connectivity index (χ1v) is 27.7. The van der Waals surface area contributed by atoms with Crippen LogP contribution in [-0.2, 0) is 44.6 Å². The van der Waals surface area contributed by atoms with Crippen LogP contribution in [0.2, 0.25) is 0 Å². The van der Waals surface area contributed by atoms with Gasteiger partial charge in [0.1, 0.15) is 34.1 Å². The lowest BCUT2D eigenvalue weighted by atomic mass is 9.92. The van der Waals surface area contributed by atoms with Crippen LogP contribution >= 0.6 is 32.9 Å². The Morgan fingerprint density at radius 3 is 2.36 bits per heavy atom. The summed E-state index contributed by atoms with van der Waals surface area (Å²) in [5, 5.41) is 18.6. The second-order valence-electron chi connectivity index (χ2n) is 18.3. The van der Waals surface area contributed by atoms with Gasteiger partial charge in [-0.3, -0.25) is 39.1 Å². The van der Waals surface area contributed by atoms with Crippen LogP contribution in [0.15, 0.2) is 59.1 Å². The second kappa shape index (κ2) is 30.6. The lowest BCUT2D eigenvalue weighted by Gasteiger charge is -2.39. The normalized spacial score (nSPS) is 16.2. The molecule has 3 heterocycles. The number of hydrazine groups is 1. The second-order valence-corrected chi connectivity index (χ2v) is 21.6. The zero-order chi connectivity index (χ0) is 52.7. The Morgan fingerprint density at radius 1 is 0.958 bits per heavy atom. The van der Waals surface area contributed by atoms with E-state index in [1.54, 1.807) is 25.3 Å². The van der Waals surface area contributed by atoms with Gasteiger partial charge in [0, 0.05) is 55.1 Å². The Morgan fingerprint density at radius 2 is 1.71 bits per heavy atom. The Balaban J connectivity index is 1.51. The number of nitrogens with one attached hydrogen (secondary N) is 4. The van der Waals surface area contributed by atoms with Gasteiger partial charge in [0.05, 0.1) is 6.04 Å². The van der Waals surface area contributed by atoms with Crippen molar-refractivity contribution in [2.45, 2.75) is 142 Å². The summed E-state index contributed by atoms with van der Waals surface area (Å²) < 4.78 is 16.7. The number of thiazole rings is 1. The SMILES string of the molecule is CCCC(=O)OCN(C(=O)[C@@H](NC(=O)[C@H]1CCCCN1C)C(C)CC)[C@H](C[C@H](OC(C)=O)c1nc(C(=O)N[C@@H](Cc2ccc(O)cc2)C[C@H](C)C(=O)NNC(=O)OCCSSc2ccccn2)cs1)C(C)C. The summed E-state index contributed by atoms with van der Waals surface area (Å²) in [6, 6.07) is 9.30. The van der Waals surface area contributed by atoms with E-state index >= 15 is 0 Å². The number of carbonyl (C=O) groups is 7. The smallest absolute Gasteiger partial charge is 0.426 e. The summed E-state index contributed by atoms with van der Waals surface area (Å²) in [6.45, 7) is 12.8. The number of likely N-dealkylation sites (N-methyl/N-ethyl adjacent to an activating group) is 1. The number of amides is 5. The maximum absolute atomic E-state index is 14.9. The highest BCUT2D eigenvalue weighted by atomic mass is 33.1. The van der Waals surface area contributed by atoms with Crippen LogP contribution in [0.4, 0.5) is 4.79 Å². The Hall–Kier alpha value is -5.45. The van der Waals surface area contributed by atoms with Crippen LogP contribution in [0.5, 0.6) is 5.75 Å². The molecule has 1 aromatic carbocycles. The molecule has 1 aliphatic rings. The number of esters is 2. The van der Waals surface area contributed by atoms with Crippen molar-refractivity contribution in [2.24, 2.45) is 17.8 Å². The molecular weight excluding hydrogens is 985 g/mol. The van der Waals surface area contributed by atoms with Crippen molar-refractivity contribution in [3.63, 3.8) is 0 Å². The molecule has 0 saturated carbocycles. The van der Waals surface area contributed by atoms with Crippen molar-refractivity contribution in [1.82, 2.24) is 41.3 Å². The van der Waals surface area contributed by atoms with E-state index in [0.29, 0.717) is 25.0 Å². The van der Waals surface area contributed by atoms with Crippen LogP contribution in [0.3, 0.4) is 0 Å². The van der Waals surface area contributed by atoms with Gasteiger partial charge in [0.25, 0.3) is 5.91 Å². The Kier molecular flexibility index (Phi) is 25.1. The van der Waals surface area contributed by atoms with E-state index in [9.17, 15) is 38.7 Å². The van der Waals surface area contributed by atoms with Crippen LogP contribution in [-0.4, -0.2) is 123 Å². The van der Waals surface area contributed by atoms with E-state index in [-0.39, 0.29) is 66.5 Å². The number of rotatable bonds is 27. The van der Waals surface area contributed by atoms with Crippen LogP contribution < -0.4 is 21.5 Å². The molecule has 22 heteroatoms. The maximum Gasteiger partial charge on any atom is 0.426 e. The first-order chi connectivity index (χ1) is 34.4. The maximum atomic E-state index is 14.9. The van der Waals surface area contributed by atoms with Crippen molar-refractivity contribution in [3.05, 3.63) is 70.3 Å². The fourth-order valence-corrected chi connectivity index (χ4v) is 10.6. The van der Waals surface area contributed by atoms with E-state index in [1.807, 2.05) is 64.8 Å². The van der Waals surface area contributed by atoms with Crippen molar-refractivity contribution >= 4 is 74.6 Å². The molecule has 72 heavy (non-hydrogen) atoms. The third-order valence-corrected chi connectivity index (χ3v) is 15.4. The van der Waals surface area contributed by atoms with Crippen molar-refractivity contribution < 1.29 is 52.9 Å². The third kappa shape index (κ3) is 19.5. The van der Waals surface area contributed by atoms with E-state index in [2.05, 4.69) is 31.5 Å². The van der Waals surface area contributed by atoms with Gasteiger partial charge >= 0.3 is 18.0 Å². The van der Waals surface area contributed by atoms with Crippen molar-refractivity contribution in [1.29, 1.82) is 0 Å². The van der Waals surface area contributed by atoms with Gasteiger partial charge in [-0.05, 0) is 98.2 Å². The predicted molar refractivity (Wildman–Crippen MR) is 276 cm³/mol. The minimum atomic E-state index is -1.05. The first-order valence-electron chi connectivity index (χ1n) is 24.5. The highest BCUT2D eigenvalue weighted by molar-refractivity contribution is 8.76. The van der Waals surface area contributed by atoms with Gasteiger partial charge in [-0.15, -0.1) is 11.3 Å². The van der Waals surface area contributed by atoms with E-state index in [4.69, 9.17) is 14.2 Å². The fraction of sp³-hybridized carbons (Fsp3) is 0.580. The molecule has 1 aliphatic heterocycles. The molecule has 0 bridgehead atoms. The molecule has 5 N–H and O–H groups in total. The third-order valence-electron chi connectivity index (χ3n) is 12.2. The number of piperidine rings is 1. The van der Waals surface area contributed by atoms with Crippen molar-refractivity contribution in [3.8, 4) is 5.75 Å². The number of aromatic hydroxyl groups is 1. The molecule has 3 aromatic rings. The van der Waals surface area contributed by atoms with Gasteiger partial charge < -0.3 is 34.9 Å². The van der Waals surface area contributed by atoms with E-state index < -0.39 is 78.7 Å². The largest absolute Gasteiger partial charge is 0.508 e. The number of aromatic nitrogens is 2. The first kappa shape index (κ1) is 59.1. The van der Waals surface area contributed by atoms with Gasteiger partial charge in [-0.2, -0.15) is 0 Å². The summed E-state index contributed by atoms with van der Waals surface area (Å²) in [7, 11) is 4.81. The standard InChI is InChI=1S/C50H72N8O11S3/c1-9-15-43(61)68-30-58(49(65)44(32(5)10-2)54-47(64)39-16-12-14-23-57(39)8)40(31(3)4)28-41(69-34(7)59)48-53-38(29-70-48)46(63)52-36(27-35-18-20-37(60)21-19-35)26-33(6)45(62)55-56-50(66)67-24-25-71-72-42-17-11-13-22-51-42/h11,13,17-22,29,31-33,36,39-41,44,60H,9-10,12,14-16,23-28,30H2,1-8H3,(H,52,63)(H,54,64)(H,55,62)(H,56,66)/t32?,33-,36+,39+,40+,41-,44-/m0/s1. The number of hydrogen-bond acceptors (Lipinski definition) is 17. The lowest BCUT2D eigenvalue weighted by Crippen LogP contribution is -2.59. The Bertz CT molecular complexity index is 2220. The highest BCUT2D eigenvalue weighted by Crippen LogP contribution is 2.32. The molecule has 1 unspecified atom stereocenters. The summed E-state index contributed by atoms with van der Waals surface area (Å²) in [4.78, 5) is 106. The van der Waals surface area contributed by atoms with Crippen LogP contribution in [0, 0.1) is 17.8 Å². The van der Waals surface area contributed by atoms with Crippen molar-refractivity contribution in [2.75, 3.05) is 32.7 Å². The predicted octanol–water partition coefficient (Wildman–Crippen LogP) is 6.97. The van der Waals surface area contributed by atoms with Gasteiger partial charge in [0.2, 0.25) is 17.7 Å². The molecule has 2 aromatic heterocycles. The summed E-state index contributed by atoms with van der Waals surface area (Å²) in [5.74, 6) is -3.68. The lowest BCUT2D eigenvalue weighted by molar-refractivity contribution is -0.160. The van der Waals surface area contributed by atoms with Crippen LogP contribution in [0.1, 0.15) is 127 Å². The quantitative estimate of drug-likeness (QED) is 0.0129. The van der Waals surface area contributed by atoms with E-state index in [1.165, 1.54) is 50.9 Å². The molecule has 1 saturated heterocycles. The molecule has 19 nitrogen and oxygen atoms in total. The average molecular weight is 1060 g/mol. The molecule has 7 atom stereocenters. The number of benzene rings is 1. The molecule has 0 spiro atoms. The number of likely N-dealkylation sites (tertiary alicyclic amines) is 1. The zero-order valence-corrected chi connectivity index (χ0v) is 45.0. The van der Waals surface area contributed by atoms with Crippen LogP contribution in [0.25, 0.3) is 0 Å². The zero-order valence-electron chi connectivity index (χ0n) is 42.6. The molecule has 0 aliphatic carbocycles. The number of phenolic OH excluding ortho intramolecular Hbond substituents is 1. The van der Waals surface area contributed by atoms with Gasteiger partial charge in [-0.1, -0.05) is 83.4 Å². The topological polar surface area (TPSA) is 248 Å². The number of carbonyl (C=O) groups excluding carboxylic acids is 7. The minimum absolute atomic E-state index is 0.00993. The number of nitrogens with zero attached hydrogens (tertiary/aromatic N) is 4. The molecule has 1 fully saturated rings. The summed E-state index contributed by atoms with van der Waals surface area (Å²) >= 11 is 1.08. The fourth-order valence-electron chi connectivity index (χ4n) is 8.02. The Labute approximate surface area is 434 Å². The monoisotopic (exact) mass is 1060 g/mol. The highest BCUT2D eigenvalue weighted by Gasteiger charge is 2.39. The van der Waals surface area contributed by atoms with E-state index in [0.717, 1.165) is 41.3 Å². The molecule has 0 radical (unpaired) electrons. The summed E-state index contributed by atoms with van der Waals surface area (Å²) in [6.07, 6.45) is 3.97. The number of pyridine rings is 1. The molecule has 5 amide bonds. The van der Waals surface area contributed by atoms with Gasteiger partial charge in [0.15, 0.2) is 12.8 Å². The minimum Gasteiger partial charge on any atom is -0.508 e. The number of phenols is 1. The molecule has 396 valence electrons.